The first-order valence-electron chi connectivity index (χ1n) is 12.1. The molecule has 4 rings (SSSR count). The Morgan fingerprint density at radius 3 is 2.41 bits per heavy atom. The molecule has 2 aromatic carbocycles. The number of carbonyl (C=O) groups excluding carboxylic acids is 3. The van der Waals surface area contributed by atoms with Crippen molar-refractivity contribution in [3.8, 4) is 11.1 Å². The Morgan fingerprint density at radius 2 is 1.79 bits per heavy atom. The second-order valence-corrected chi connectivity index (χ2v) is 9.88. The zero-order valence-corrected chi connectivity index (χ0v) is 21.7. The number of nitrogens with one attached hydrogen (secondary N) is 1. The highest BCUT2D eigenvalue weighted by Gasteiger charge is 2.31. The predicted octanol–water partition coefficient (Wildman–Crippen LogP) is 4.11. The number of benzene rings is 2. The number of rotatable bonds is 7. The molecular weight excluding hydrogens is 535 g/mol. The molecule has 2 heterocycles. The van der Waals surface area contributed by atoms with Crippen LogP contribution in [0.25, 0.3) is 11.1 Å². The highest BCUT2D eigenvalue weighted by molar-refractivity contribution is 7.09. The summed E-state index contributed by atoms with van der Waals surface area (Å²) in [4.78, 5) is 43.6. The summed E-state index contributed by atoms with van der Waals surface area (Å²) < 4.78 is 43.4. The topological polar surface area (TPSA) is 109 Å². The summed E-state index contributed by atoms with van der Waals surface area (Å²) in [5.74, 6) is -1.55. The summed E-state index contributed by atoms with van der Waals surface area (Å²) in [5.41, 5.74) is 0.860. The van der Waals surface area contributed by atoms with Crippen LogP contribution in [0.15, 0.2) is 53.9 Å². The van der Waals surface area contributed by atoms with E-state index in [2.05, 4.69) is 15.0 Å². The maximum atomic E-state index is 13.4. The molecule has 2 amide bonds. The molecule has 39 heavy (non-hydrogen) atoms. The molecule has 3 aromatic rings. The van der Waals surface area contributed by atoms with Crippen LogP contribution in [-0.2, 0) is 15.7 Å². The van der Waals surface area contributed by atoms with E-state index >= 15 is 0 Å². The number of ether oxygens (including phenoxy) is 1. The monoisotopic (exact) mass is 561 g/mol. The Labute approximate surface area is 226 Å². The first-order chi connectivity index (χ1) is 18.6. The van der Waals surface area contributed by atoms with E-state index in [1.54, 1.807) is 34.5 Å². The third-order valence-corrected chi connectivity index (χ3v) is 7.55. The largest absolute Gasteiger partial charge is 0.467 e. The molecule has 206 valence electrons. The molecule has 1 saturated heterocycles. The lowest BCUT2D eigenvalue weighted by Crippen LogP contribution is -2.44. The van der Waals surface area contributed by atoms with Crippen molar-refractivity contribution in [1.82, 2.24) is 15.2 Å². The lowest BCUT2D eigenvalue weighted by atomic mass is 9.94. The van der Waals surface area contributed by atoms with E-state index in [1.807, 2.05) is 0 Å². The highest BCUT2D eigenvalue weighted by Crippen LogP contribution is 2.34. The number of thiazole rings is 1. The molecule has 0 aliphatic carbocycles. The third kappa shape index (κ3) is 6.45. The number of aromatic nitrogens is 1. The summed E-state index contributed by atoms with van der Waals surface area (Å²) in [6.45, 7) is 0.283. The van der Waals surface area contributed by atoms with Gasteiger partial charge in [0, 0.05) is 30.0 Å². The van der Waals surface area contributed by atoms with Gasteiger partial charge >= 0.3 is 12.1 Å². The van der Waals surface area contributed by atoms with Gasteiger partial charge in [0.05, 0.1) is 24.3 Å². The number of carbonyl (C=O) groups is 3. The van der Waals surface area contributed by atoms with Crippen LogP contribution in [0.3, 0.4) is 0 Å². The standard InChI is InChI=1S/C27H26F3N3O5S/c1-38-26(37)21(14-34)31-23(35)22-15-39-24(32-22)17-10-12-33(13-11-17)25(36)20-5-3-2-4-19(20)16-6-8-18(9-7-16)27(28,29)30/h2-9,15,17,21,34H,10-14H2,1H3,(H,31,35). The van der Waals surface area contributed by atoms with Crippen LogP contribution in [-0.4, -0.2) is 65.6 Å². The summed E-state index contributed by atoms with van der Waals surface area (Å²) in [6.07, 6.45) is -3.21. The van der Waals surface area contributed by atoms with Crippen LogP contribution in [0.5, 0.6) is 0 Å². The first kappa shape index (κ1) is 28.2. The average Bonchev–Trinajstić information content (AvgIpc) is 3.45. The quantitative estimate of drug-likeness (QED) is 0.421. The Kier molecular flexibility index (Phi) is 8.66. The summed E-state index contributed by atoms with van der Waals surface area (Å²) in [6, 6.07) is 10.4. The fourth-order valence-corrected chi connectivity index (χ4v) is 5.36. The normalized spacial score (nSPS) is 15.1. The maximum absolute atomic E-state index is 13.4. The van der Waals surface area contributed by atoms with Gasteiger partial charge in [-0.3, -0.25) is 9.59 Å². The number of nitrogens with zero attached hydrogens (tertiary/aromatic N) is 2. The highest BCUT2D eigenvalue weighted by atomic mass is 32.1. The molecular formula is C27H26F3N3O5S. The molecule has 0 radical (unpaired) electrons. The zero-order valence-electron chi connectivity index (χ0n) is 20.9. The molecule has 0 bridgehead atoms. The van der Waals surface area contributed by atoms with Crippen molar-refractivity contribution in [1.29, 1.82) is 0 Å². The molecule has 1 unspecified atom stereocenters. The van der Waals surface area contributed by atoms with Crippen LogP contribution < -0.4 is 5.32 Å². The molecule has 8 nitrogen and oxygen atoms in total. The number of hydrogen-bond donors (Lipinski definition) is 2. The van der Waals surface area contributed by atoms with Crippen molar-refractivity contribution < 1.29 is 37.4 Å². The van der Waals surface area contributed by atoms with Crippen LogP contribution in [0.1, 0.15) is 50.2 Å². The van der Waals surface area contributed by atoms with E-state index in [9.17, 15) is 32.7 Å². The van der Waals surface area contributed by atoms with E-state index < -0.39 is 36.3 Å². The van der Waals surface area contributed by atoms with Gasteiger partial charge in [0.2, 0.25) is 0 Å². The minimum atomic E-state index is -4.44. The zero-order chi connectivity index (χ0) is 28.2. The van der Waals surface area contributed by atoms with Crippen molar-refractivity contribution in [2.24, 2.45) is 0 Å². The fraction of sp³-hybridized carbons (Fsp3) is 0.333. The van der Waals surface area contributed by atoms with Gasteiger partial charge < -0.3 is 20.1 Å². The number of methoxy groups -OCH3 is 1. The second kappa shape index (κ2) is 12.0. The van der Waals surface area contributed by atoms with Crippen molar-refractivity contribution in [3.63, 3.8) is 0 Å². The maximum Gasteiger partial charge on any atom is 0.416 e. The number of hydrogen-bond acceptors (Lipinski definition) is 7. The van der Waals surface area contributed by atoms with Crippen molar-refractivity contribution in [2.75, 3.05) is 26.8 Å². The molecule has 12 heteroatoms. The van der Waals surface area contributed by atoms with Crippen molar-refractivity contribution in [2.45, 2.75) is 31.0 Å². The number of likely N-dealkylation sites (tertiary alicyclic amines) is 1. The lowest BCUT2D eigenvalue weighted by molar-refractivity contribution is -0.144. The number of piperidine rings is 1. The van der Waals surface area contributed by atoms with Gasteiger partial charge in [0.15, 0.2) is 6.04 Å². The summed E-state index contributed by atoms with van der Waals surface area (Å²) in [5, 5.41) is 14.0. The number of halogens is 3. The van der Waals surface area contributed by atoms with Crippen LogP contribution in [0.4, 0.5) is 13.2 Å². The van der Waals surface area contributed by atoms with Crippen LogP contribution >= 0.6 is 11.3 Å². The number of esters is 1. The van der Waals surface area contributed by atoms with Gasteiger partial charge in [-0.15, -0.1) is 11.3 Å². The van der Waals surface area contributed by atoms with Crippen molar-refractivity contribution in [3.05, 3.63) is 75.7 Å². The fourth-order valence-electron chi connectivity index (χ4n) is 4.39. The Hall–Kier alpha value is -3.77. The lowest BCUT2D eigenvalue weighted by Gasteiger charge is -2.31. The first-order valence-corrected chi connectivity index (χ1v) is 13.0. The summed E-state index contributed by atoms with van der Waals surface area (Å²) in [7, 11) is 1.16. The summed E-state index contributed by atoms with van der Waals surface area (Å²) >= 11 is 1.31. The van der Waals surface area contributed by atoms with Gasteiger partial charge in [0.25, 0.3) is 11.8 Å². The Balaban J connectivity index is 1.40. The predicted molar refractivity (Wildman–Crippen MR) is 137 cm³/mol. The van der Waals surface area contributed by atoms with Gasteiger partial charge in [0.1, 0.15) is 5.69 Å². The Bertz CT molecular complexity index is 1330. The number of aliphatic hydroxyl groups excluding tert-OH is 1. The van der Waals surface area contributed by atoms with Gasteiger partial charge in [-0.2, -0.15) is 13.2 Å². The van der Waals surface area contributed by atoms with Crippen LogP contribution in [0, 0.1) is 0 Å². The smallest absolute Gasteiger partial charge is 0.416 e. The third-order valence-electron chi connectivity index (χ3n) is 6.54. The van der Waals surface area contributed by atoms with Gasteiger partial charge in [-0.1, -0.05) is 30.3 Å². The van der Waals surface area contributed by atoms with Crippen molar-refractivity contribution >= 4 is 29.1 Å². The molecule has 1 atom stereocenters. The molecule has 0 saturated carbocycles. The van der Waals surface area contributed by atoms with E-state index in [4.69, 9.17) is 0 Å². The van der Waals surface area contributed by atoms with E-state index in [1.165, 1.54) is 23.5 Å². The molecule has 1 aliphatic heterocycles. The molecule has 0 spiro atoms. The van der Waals surface area contributed by atoms with Gasteiger partial charge in [-0.05, 0) is 42.2 Å². The second-order valence-electron chi connectivity index (χ2n) is 8.99. The SMILES string of the molecule is COC(=O)C(CO)NC(=O)c1csc(C2CCN(C(=O)c3ccccc3-c3ccc(C(F)(F)F)cc3)CC2)n1. The Morgan fingerprint density at radius 1 is 1.13 bits per heavy atom. The average molecular weight is 562 g/mol. The minimum absolute atomic E-state index is 0.0278. The molecule has 1 aliphatic rings. The number of aliphatic hydroxyl groups is 1. The molecule has 1 fully saturated rings. The van der Waals surface area contributed by atoms with Crippen LogP contribution in [0.2, 0.25) is 0 Å². The van der Waals surface area contributed by atoms with Gasteiger partial charge in [-0.25, -0.2) is 9.78 Å². The van der Waals surface area contributed by atoms with E-state index in [0.29, 0.717) is 42.6 Å². The minimum Gasteiger partial charge on any atom is -0.467 e. The van der Waals surface area contributed by atoms with E-state index in [-0.39, 0.29) is 17.5 Å². The number of alkyl halides is 3. The number of amides is 2. The molecule has 1 aromatic heterocycles. The molecule has 2 N–H and O–H groups in total. The van der Waals surface area contributed by atoms with E-state index in [0.717, 1.165) is 24.3 Å².